The van der Waals surface area contributed by atoms with Gasteiger partial charge in [0, 0.05) is 18.1 Å². The van der Waals surface area contributed by atoms with Crippen LogP contribution >= 0.6 is 11.6 Å². The molecule has 2 fully saturated rings. The van der Waals surface area contributed by atoms with Gasteiger partial charge < -0.3 is 10.1 Å². The van der Waals surface area contributed by atoms with E-state index in [4.69, 9.17) is 21.5 Å². The number of nitrogens with one attached hydrogen (secondary N) is 1. The second-order valence-electron chi connectivity index (χ2n) is 6.49. The molecule has 144 valence electrons. The van der Waals surface area contributed by atoms with E-state index in [1.807, 2.05) is 0 Å². The molecule has 1 amide bonds. The molecule has 1 unspecified atom stereocenters. The standard InChI is InChI=1S/C15H18ClF2N3O4S/c1-25-11-3-2-9(16)8-10(11)20-13(22)12-14(15(12,17)18)4-6-21(7-5-14)26(19,23)24/h2-3,8,12H,4-7H2,1H3,(H,20,22)(H2,19,23,24). The van der Waals surface area contributed by atoms with E-state index in [1.54, 1.807) is 6.07 Å². The highest BCUT2D eigenvalue weighted by molar-refractivity contribution is 7.86. The fourth-order valence-corrected chi connectivity index (χ4v) is 4.53. The maximum absolute atomic E-state index is 14.5. The molecule has 1 spiro atoms. The number of benzene rings is 1. The predicted molar refractivity (Wildman–Crippen MR) is 91.4 cm³/mol. The molecule has 1 aromatic rings. The number of halogens is 3. The first kappa shape index (κ1) is 19.3. The van der Waals surface area contributed by atoms with Crippen LogP contribution in [0.1, 0.15) is 12.8 Å². The Balaban J connectivity index is 1.76. The number of piperidine rings is 1. The molecule has 1 saturated heterocycles. The Bertz CT molecular complexity index is 841. The average molecular weight is 410 g/mol. The second kappa shape index (κ2) is 6.29. The van der Waals surface area contributed by atoms with Crippen molar-refractivity contribution in [2.75, 3.05) is 25.5 Å². The quantitative estimate of drug-likeness (QED) is 0.792. The lowest BCUT2D eigenvalue weighted by atomic mass is 9.91. The minimum atomic E-state index is -3.93. The van der Waals surface area contributed by atoms with Gasteiger partial charge in [-0.15, -0.1) is 0 Å². The molecule has 11 heteroatoms. The molecule has 7 nitrogen and oxygen atoms in total. The van der Waals surface area contributed by atoms with Crippen molar-refractivity contribution < 1.29 is 26.7 Å². The first-order valence-corrected chi connectivity index (χ1v) is 9.71. The highest BCUT2D eigenvalue weighted by atomic mass is 35.5. The minimum Gasteiger partial charge on any atom is -0.495 e. The zero-order chi connectivity index (χ0) is 19.3. The van der Waals surface area contributed by atoms with Crippen LogP contribution in [0.25, 0.3) is 0 Å². The molecule has 0 aromatic heterocycles. The van der Waals surface area contributed by atoms with Gasteiger partial charge in [-0.05, 0) is 31.0 Å². The zero-order valence-corrected chi connectivity index (χ0v) is 15.4. The number of rotatable bonds is 4. The topological polar surface area (TPSA) is 102 Å². The van der Waals surface area contributed by atoms with Crippen LogP contribution < -0.4 is 15.2 Å². The number of nitrogens with two attached hydrogens (primary N) is 1. The molecule has 0 bridgehead atoms. The monoisotopic (exact) mass is 409 g/mol. The van der Waals surface area contributed by atoms with Crippen LogP contribution in [0.5, 0.6) is 5.75 Å². The summed E-state index contributed by atoms with van der Waals surface area (Å²) in [5.41, 5.74) is -1.35. The number of anilines is 1. The number of ether oxygens (including phenoxy) is 1. The van der Waals surface area contributed by atoms with Crippen molar-refractivity contribution in [3.05, 3.63) is 23.2 Å². The Hall–Kier alpha value is -1.49. The summed E-state index contributed by atoms with van der Waals surface area (Å²) in [6, 6.07) is 4.48. The molecule has 2 aliphatic rings. The van der Waals surface area contributed by atoms with Crippen LogP contribution in [-0.4, -0.2) is 44.8 Å². The molecule has 1 heterocycles. The first-order chi connectivity index (χ1) is 12.0. The Morgan fingerprint density at radius 2 is 2.00 bits per heavy atom. The number of hydrogen-bond donors (Lipinski definition) is 2. The van der Waals surface area contributed by atoms with Gasteiger partial charge in [-0.25, -0.2) is 13.9 Å². The third-order valence-electron chi connectivity index (χ3n) is 5.15. The number of methoxy groups -OCH3 is 1. The zero-order valence-electron chi connectivity index (χ0n) is 13.8. The van der Waals surface area contributed by atoms with E-state index in [2.05, 4.69) is 5.32 Å². The van der Waals surface area contributed by atoms with E-state index >= 15 is 0 Å². The number of alkyl halides is 2. The Labute approximate surface area is 154 Å². The van der Waals surface area contributed by atoms with Crippen molar-refractivity contribution in [2.45, 2.75) is 18.8 Å². The molecule has 1 atom stereocenters. The fourth-order valence-electron chi connectivity index (χ4n) is 3.67. The van der Waals surface area contributed by atoms with E-state index in [1.165, 1.54) is 19.2 Å². The maximum atomic E-state index is 14.5. The molecule has 0 radical (unpaired) electrons. The first-order valence-electron chi connectivity index (χ1n) is 7.83. The van der Waals surface area contributed by atoms with E-state index in [-0.39, 0.29) is 31.6 Å². The molecular formula is C15H18ClF2N3O4S. The van der Waals surface area contributed by atoms with Crippen molar-refractivity contribution in [1.82, 2.24) is 4.31 Å². The van der Waals surface area contributed by atoms with Gasteiger partial charge in [-0.2, -0.15) is 12.7 Å². The third kappa shape index (κ3) is 3.04. The summed E-state index contributed by atoms with van der Waals surface area (Å²) in [5, 5.41) is 7.80. The summed E-state index contributed by atoms with van der Waals surface area (Å²) in [5.74, 6) is -5.31. The van der Waals surface area contributed by atoms with Crippen LogP contribution in [-0.2, 0) is 15.0 Å². The highest BCUT2D eigenvalue weighted by Crippen LogP contribution is 2.71. The van der Waals surface area contributed by atoms with Crippen LogP contribution in [0.2, 0.25) is 5.02 Å². The summed E-state index contributed by atoms with van der Waals surface area (Å²) in [4.78, 5) is 12.5. The lowest BCUT2D eigenvalue weighted by Gasteiger charge is -2.30. The van der Waals surface area contributed by atoms with Gasteiger partial charge in [0.2, 0.25) is 5.91 Å². The largest absolute Gasteiger partial charge is 0.495 e. The number of carbonyl (C=O) groups is 1. The van der Waals surface area contributed by atoms with Crippen molar-refractivity contribution in [3.63, 3.8) is 0 Å². The van der Waals surface area contributed by atoms with E-state index in [0.717, 1.165) is 4.31 Å². The van der Waals surface area contributed by atoms with E-state index in [0.29, 0.717) is 10.8 Å². The van der Waals surface area contributed by atoms with Crippen molar-refractivity contribution in [3.8, 4) is 5.75 Å². The smallest absolute Gasteiger partial charge is 0.276 e. The summed E-state index contributed by atoms with van der Waals surface area (Å²) >= 11 is 5.88. The Kier molecular flexibility index (Phi) is 4.67. The lowest BCUT2D eigenvalue weighted by molar-refractivity contribution is -0.119. The van der Waals surface area contributed by atoms with Crippen molar-refractivity contribution in [2.24, 2.45) is 16.5 Å². The van der Waals surface area contributed by atoms with Crippen molar-refractivity contribution >= 4 is 33.4 Å². The van der Waals surface area contributed by atoms with Gasteiger partial charge in [0.25, 0.3) is 16.1 Å². The molecule has 3 N–H and O–H groups in total. The number of carbonyl (C=O) groups excluding carboxylic acids is 1. The molecular weight excluding hydrogens is 392 g/mol. The number of nitrogens with zero attached hydrogens (tertiary/aromatic N) is 1. The molecule has 26 heavy (non-hydrogen) atoms. The minimum absolute atomic E-state index is 0.138. The number of hydrogen-bond acceptors (Lipinski definition) is 4. The third-order valence-corrected chi connectivity index (χ3v) is 6.47. The van der Waals surface area contributed by atoms with E-state index < -0.39 is 33.4 Å². The average Bonchev–Trinajstić information content (AvgIpc) is 3.01. The van der Waals surface area contributed by atoms with Crippen LogP contribution in [0.15, 0.2) is 18.2 Å². The fraction of sp³-hybridized carbons (Fsp3) is 0.533. The van der Waals surface area contributed by atoms with Gasteiger partial charge in [0.15, 0.2) is 0 Å². The molecule has 1 aliphatic heterocycles. The van der Waals surface area contributed by atoms with Gasteiger partial charge in [-0.3, -0.25) is 4.79 Å². The second-order valence-corrected chi connectivity index (χ2v) is 8.47. The van der Waals surface area contributed by atoms with Crippen molar-refractivity contribution in [1.29, 1.82) is 0 Å². The number of amides is 1. The van der Waals surface area contributed by atoms with Gasteiger partial charge in [0.1, 0.15) is 11.7 Å². The summed E-state index contributed by atoms with van der Waals surface area (Å²) in [6.45, 7) is -0.280. The lowest BCUT2D eigenvalue weighted by Crippen LogP contribution is -2.44. The van der Waals surface area contributed by atoms with E-state index in [9.17, 15) is 22.0 Å². The normalized spacial score (nSPS) is 24.3. The van der Waals surface area contributed by atoms with Crippen LogP contribution in [0.3, 0.4) is 0 Å². The van der Waals surface area contributed by atoms with Crippen LogP contribution in [0.4, 0.5) is 14.5 Å². The van der Waals surface area contributed by atoms with Crippen LogP contribution in [0, 0.1) is 11.3 Å². The van der Waals surface area contributed by atoms with Gasteiger partial charge in [-0.1, -0.05) is 11.6 Å². The molecule has 1 aromatic carbocycles. The summed E-state index contributed by atoms with van der Waals surface area (Å²) in [6.07, 6.45) is -0.275. The predicted octanol–water partition coefficient (Wildman–Crippen LogP) is 1.84. The summed E-state index contributed by atoms with van der Waals surface area (Å²) < 4.78 is 57.7. The molecule has 1 aliphatic carbocycles. The highest BCUT2D eigenvalue weighted by Gasteiger charge is 2.83. The van der Waals surface area contributed by atoms with Gasteiger partial charge >= 0.3 is 0 Å². The Morgan fingerprint density at radius 3 is 2.54 bits per heavy atom. The summed E-state index contributed by atoms with van der Waals surface area (Å²) in [7, 11) is -2.54. The Morgan fingerprint density at radius 1 is 1.38 bits per heavy atom. The molecule has 3 rings (SSSR count). The maximum Gasteiger partial charge on any atom is 0.276 e. The molecule has 1 saturated carbocycles. The van der Waals surface area contributed by atoms with Gasteiger partial charge in [0.05, 0.1) is 18.2 Å². The SMILES string of the molecule is COc1ccc(Cl)cc1NC(=O)C1C(F)(F)C12CCN(S(N)(=O)=O)CC2.